The average molecular weight is 766 g/mol. The van der Waals surface area contributed by atoms with Crippen molar-refractivity contribution in [2.24, 2.45) is 12.8 Å². The van der Waals surface area contributed by atoms with Gasteiger partial charge in [-0.1, -0.05) is 0 Å². The van der Waals surface area contributed by atoms with Gasteiger partial charge in [-0.05, 0) is 55.9 Å². The van der Waals surface area contributed by atoms with Crippen LogP contribution in [0, 0.1) is 0 Å². The lowest BCUT2D eigenvalue weighted by molar-refractivity contribution is -0.136. The topological polar surface area (TPSA) is 210 Å². The normalized spacial score (nSPS) is 24.1. The van der Waals surface area contributed by atoms with Gasteiger partial charge in [0.15, 0.2) is 5.60 Å². The highest BCUT2D eigenvalue weighted by atomic mass is 16.6. The van der Waals surface area contributed by atoms with Gasteiger partial charge >= 0.3 is 6.09 Å². The van der Waals surface area contributed by atoms with Crippen LogP contribution in [0.25, 0.3) is 0 Å². The van der Waals surface area contributed by atoms with E-state index in [9.17, 15) is 28.8 Å². The average Bonchev–Trinajstić information content (AvgIpc) is 3.83. The molecule has 292 valence electrons. The van der Waals surface area contributed by atoms with Gasteiger partial charge in [0, 0.05) is 77.1 Å². The predicted octanol–water partition coefficient (Wildman–Crippen LogP) is 0.445. The molecular formula is C38H43N11O7. The fraction of sp³-hybridized carbons (Fsp3) is 0.500. The summed E-state index contributed by atoms with van der Waals surface area (Å²) < 4.78 is 7.77. The minimum Gasteiger partial charge on any atom is -0.438 e. The standard InChI is InChI=1S/C38H43N11O7/c1-44-17-22(15-41-44)13-28-32(33(39)51)40-16-30(42-28)46-10-2-3-25(18-46)48-21-38(56-37(48)55)19-47(20-38)23-8-11-45(12-9-23)24-4-5-26-27(14-24)36(54)49(35(26)53)29-6-7-31(50)43-34(29)52/h4-5,14-17,23,25,29H,2-3,6-13,18-21H2,1H3,(H2,39,51)(H,43,50,52)/t25-,29?/m1/s1. The maximum atomic E-state index is 13.4. The van der Waals surface area contributed by atoms with E-state index in [-0.39, 0.29) is 41.8 Å². The third-order valence-corrected chi connectivity index (χ3v) is 12.1. The van der Waals surface area contributed by atoms with Crippen molar-refractivity contribution in [1.82, 2.24) is 39.8 Å². The van der Waals surface area contributed by atoms with Crippen molar-refractivity contribution in [2.45, 2.75) is 68.7 Å². The zero-order valence-corrected chi connectivity index (χ0v) is 31.1. The number of ether oxygens (including phenoxy) is 1. The number of nitrogens with one attached hydrogen (secondary N) is 1. The number of aryl methyl sites for hydroxylation is 1. The van der Waals surface area contributed by atoms with E-state index in [1.165, 1.54) is 0 Å². The molecule has 0 bridgehead atoms. The van der Waals surface area contributed by atoms with Gasteiger partial charge in [-0.3, -0.25) is 48.7 Å². The lowest BCUT2D eigenvalue weighted by Gasteiger charge is -2.51. The number of hydrogen-bond donors (Lipinski definition) is 2. The van der Waals surface area contributed by atoms with Gasteiger partial charge in [-0.25, -0.2) is 14.8 Å². The lowest BCUT2D eigenvalue weighted by atomic mass is 9.88. The monoisotopic (exact) mass is 765 g/mol. The summed E-state index contributed by atoms with van der Waals surface area (Å²) in [6.07, 6.45) is 8.90. The van der Waals surface area contributed by atoms with Crippen LogP contribution in [0.15, 0.2) is 36.8 Å². The first-order valence-corrected chi connectivity index (χ1v) is 19.2. The number of carbonyl (C=O) groups is 6. The number of nitrogens with two attached hydrogens (primary N) is 1. The summed E-state index contributed by atoms with van der Waals surface area (Å²) >= 11 is 0. The number of amides is 6. The van der Waals surface area contributed by atoms with E-state index in [4.69, 9.17) is 15.5 Å². The number of likely N-dealkylation sites (tertiary alicyclic amines) is 1. The summed E-state index contributed by atoms with van der Waals surface area (Å²) in [5, 5.41) is 6.45. The molecule has 0 aliphatic carbocycles. The van der Waals surface area contributed by atoms with E-state index in [1.807, 2.05) is 24.2 Å². The maximum Gasteiger partial charge on any atom is 0.410 e. The Morgan fingerprint density at radius 2 is 1.73 bits per heavy atom. The molecule has 6 aliphatic heterocycles. The first kappa shape index (κ1) is 35.8. The summed E-state index contributed by atoms with van der Waals surface area (Å²) in [6, 6.07) is 4.50. The van der Waals surface area contributed by atoms with Gasteiger partial charge in [-0.2, -0.15) is 5.10 Å². The highest BCUT2D eigenvalue weighted by Gasteiger charge is 2.56. The van der Waals surface area contributed by atoms with E-state index < -0.39 is 41.2 Å². The number of nitrogens with zero attached hydrogens (tertiary/aromatic N) is 9. The number of aromatic nitrogens is 4. The van der Waals surface area contributed by atoms with Gasteiger partial charge < -0.3 is 20.3 Å². The van der Waals surface area contributed by atoms with Crippen LogP contribution in [0.2, 0.25) is 0 Å². The van der Waals surface area contributed by atoms with Crippen molar-refractivity contribution in [3.63, 3.8) is 0 Å². The quantitative estimate of drug-likeness (QED) is 0.299. The number of hydrogen-bond acceptors (Lipinski definition) is 13. The van der Waals surface area contributed by atoms with Crippen molar-refractivity contribution in [1.29, 1.82) is 0 Å². The molecule has 1 spiro atoms. The highest BCUT2D eigenvalue weighted by molar-refractivity contribution is 6.23. The number of rotatable bonds is 8. The maximum absolute atomic E-state index is 13.4. The first-order chi connectivity index (χ1) is 26.9. The van der Waals surface area contributed by atoms with Gasteiger partial charge in [0.1, 0.15) is 17.6 Å². The van der Waals surface area contributed by atoms with Crippen LogP contribution in [0.1, 0.15) is 81.0 Å². The molecule has 56 heavy (non-hydrogen) atoms. The number of primary amides is 1. The van der Waals surface area contributed by atoms with Crippen LogP contribution in [0.4, 0.5) is 16.3 Å². The smallest absolute Gasteiger partial charge is 0.410 e. The van der Waals surface area contributed by atoms with Crippen LogP contribution < -0.4 is 20.9 Å². The molecule has 9 rings (SSSR count). The molecule has 0 saturated carbocycles. The molecule has 2 aromatic heterocycles. The van der Waals surface area contributed by atoms with Crippen LogP contribution in [-0.4, -0.2) is 140 Å². The number of anilines is 2. The second-order valence-corrected chi connectivity index (χ2v) is 15.8. The molecule has 5 saturated heterocycles. The second-order valence-electron chi connectivity index (χ2n) is 15.8. The Bertz CT molecular complexity index is 2160. The molecule has 18 nitrogen and oxygen atoms in total. The van der Waals surface area contributed by atoms with Crippen LogP contribution in [-0.2, 0) is 27.8 Å². The third kappa shape index (κ3) is 6.30. The third-order valence-electron chi connectivity index (χ3n) is 12.1. The molecule has 1 unspecified atom stereocenters. The van der Waals surface area contributed by atoms with Crippen LogP contribution in [0.3, 0.4) is 0 Å². The zero-order chi connectivity index (χ0) is 38.9. The van der Waals surface area contributed by atoms with Crippen molar-refractivity contribution < 1.29 is 33.5 Å². The number of fused-ring (bicyclic) bond motifs is 1. The fourth-order valence-corrected chi connectivity index (χ4v) is 9.26. The molecule has 6 amide bonds. The minimum atomic E-state index is -0.997. The van der Waals surface area contributed by atoms with Gasteiger partial charge in [0.2, 0.25) is 11.8 Å². The van der Waals surface area contributed by atoms with Gasteiger partial charge in [-0.15, -0.1) is 0 Å². The second kappa shape index (κ2) is 13.7. The summed E-state index contributed by atoms with van der Waals surface area (Å²) in [5.41, 5.74) is 7.98. The van der Waals surface area contributed by atoms with E-state index in [0.29, 0.717) is 50.2 Å². The molecule has 3 N–H and O–H groups in total. The summed E-state index contributed by atoms with van der Waals surface area (Å²) in [7, 11) is 1.82. The summed E-state index contributed by atoms with van der Waals surface area (Å²) in [5.74, 6) is -2.06. The Hall–Kier alpha value is -5.91. The SMILES string of the molecule is Cn1cc(Cc2nc(N3CCC[C@@H](N4CC5(CN(C6CCN(c7ccc8c(c7)C(=O)N(C7CCC(=O)NC7=O)C8=O)CC6)C5)OC4=O)C3)cnc2C(N)=O)cn1. The molecule has 5 fully saturated rings. The Labute approximate surface area is 321 Å². The summed E-state index contributed by atoms with van der Waals surface area (Å²) in [4.78, 5) is 94.9. The lowest BCUT2D eigenvalue weighted by Crippen LogP contribution is -2.67. The molecule has 3 aromatic rings. The predicted molar refractivity (Wildman–Crippen MR) is 198 cm³/mol. The number of benzene rings is 1. The number of imide groups is 2. The molecular weight excluding hydrogens is 722 g/mol. The van der Waals surface area contributed by atoms with Gasteiger partial charge in [0.05, 0.1) is 41.8 Å². The van der Waals surface area contributed by atoms with Crippen LogP contribution >= 0.6 is 0 Å². The Morgan fingerprint density at radius 3 is 2.46 bits per heavy atom. The number of carbonyl (C=O) groups excluding carboxylic acids is 6. The molecule has 2 atom stereocenters. The molecule has 0 radical (unpaired) electrons. The first-order valence-electron chi connectivity index (χ1n) is 19.2. The van der Waals surface area contributed by atoms with E-state index in [0.717, 1.165) is 61.5 Å². The molecule has 1 aromatic carbocycles. The van der Waals surface area contributed by atoms with Gasteiger partial charge in [0.25, 0.3) is 17.7 Å². The van der Waals surface area contributed by atoms with E-state index in [2.05, 4.69) is 30.1 Å². The van der Waals surface area contributed by atoms with Crippen molar-refractivity contribution in [3.8, 4) is 0 Å². The Balaban J connectivity index is 0.792. The Kier molecular flexibility index (Phi) is 8.74. The zero-order valence-electron chi connectivity index (χ0n) is 31.1. The van der Waals surface area contributed by atoms with E-state index >= 15 is 0 Å². The Morgan fingerprint density at radius 1 is 0.946 bits per heavy atom. The summed E-state index contributed by atoms with van der Waals surface area (Å²) in [6.45, 7) is 4.68. The molecule has 8 heterocycles. The number of piperidine rings is 3. The van der Waals surface area contributed by atoms with Crippen molar-refractivity contribution >= 4 is 47.1 Å². The van der Waals surface area contributed by atoms with Crippen molar-refractivity contribution in [2.75, 3.05) is 55.6 Å². The van der Waals surface area contributed by atoms with E-state index in [1.54, 1.807) is 29.2 Å². The molecule has 18 heteroatoms. The molecule has 6 aliphatic rings. The van der Waals surface area contributed by atoms with Crippen LogP contribution in [0.5, 0.6) is 0 Å². The minimum absolute atomic E-state index is 0.0575. The van der Waals surface area contributed by atoms with Crippen molar-refractivity contribution in [3.05, 3.63) is 64.9 Å². The largest absolute Gasteiger partial charge is 0.438 e. The fourth-order valence-electron chi connectivity index (χ4n) is 9.26. The highest BCUT2D eigenvalue weighted by Crippen LogP contribution is 2.39.